The Morgan fingerprint density at radius 1 is 1.47 bits per heavy atom. The fourth-order valence-corrected chi connectivity index (χ4v) is 1.49. The fraction of sp³-hybridized carbons (Fsp3) is 0.400. The maximum absolute atomic E-state index is 5.76. The van der Waals surface area contributed by atoms with E-state index in [1.807, 2.05) is 19.9 Å². The van der Waals surface area contributed by atoms with E-state index in [-0.39, 0.29) is 0 Å². The van der Waals surface area contributed by atoms with E-state index >= 15 is 0 Å². The summed E-state index contributed by atoms with van der Waals surface area (Å²) in [7, 11) is 0. The van der Waals surface area contributed by atoms with Crippen LogP contribution >= 0.6 is 0 Å². The van der Waals surface area contributed by atoms with E-state index in [2.05, 4.69) is 15.0 Å². The Hall–Kier alpha value is -1.62. The molecule has 0 unspecified atom stereocenters. The van der Waals surface area contributed by atoms with Crippen molar-refractivity contribution in [3.8, 4) is 0 Å². The zero-order valence-electron chi connectivity index (χ0n) is 8.87. The number of ether oxygens (including phenoxy) is 1. The lowest BCUT2D eigenvalue weighted by atomic mass is 10.3. The van der Waals surface area contributed by atoms with Gasteiger partial charge in [-0.05, 0) is 19.9 Å². The minimum Gasteiger partial charge on any atom is -0.382 e. The van der Waals surface area contributed by atoms with Crippen LogP contribution < -0.4 is 5.73 Å². The van der Waals surface area contributed by atoms with E-state index < -0.39 is 0 Å². The third kappa shape index (κ3) is 1.92. The summed E-state index contributed by atoms with van der Waals surface area (Å²) >= 11 is 0. The highest BCUT2D eigenvalue weighted by atomic mass is 16.5. The van der Waals surface area contributed by atoms with Crippen molar-refractivity contribution in [2.24, 2.45) is 0 Å². The average Bonchev–Trinajstić information content (AvgIpc) is 2.57. The first kappa shape index (κ1) is 9.92. The van der Waals surface area contributed by atoms with Gasteiger partial charge in [0.05, 0.1) is 5.52 Å². The number of nitrogens with zero attached hydrogens (tertiary/aromatic N) is 2. The number of H-pyrrole nitrogens is 1. The topological polar surface area (TPSA) is 76.8 Å². The molecule has 3 N–H and O–H groups in total. The highest BCUT2D eigenvalue weighted by molar-refractivity contribution is 5.84. The summed E-state index contributed by atoms with van der Waals surface area (Å²) in [4.78, 5) is 11.6. The van der Waals surface area contributed by atoms with Gasteiger partial charge in [0.25, 0.3) is 0 Å². The number of nitrogens with two attached hydrogens (primary N) is 1. The van der Waals surface area contributed by atoms with Crippen LogP contribution in [0.4, 0.5) is 5.82 Å². The number of hydrogen-bond donors (Lipinski definition) is 2. The van der Waals surface area contributed by atoms with Crippen LogP contribution in [0.1, 0.15) is 18.4 Å². The summed E-state index contributed by atoms with van der Waals surface area (Å²) in [5, 5.41) is 0. The third-order valence-electron chi connectivity index (χ3n) is 2.12. The fourth-order valence-electron chi connectivity index (χ4n) is 1.49. The summed E-state index contributed by atoms with van der Waals surface area (Å²) in [6, 6.07) is 1.92. The molecule has 0 amide bonds. The lowest BCUT2D eigenvalue weighted by molar-refractivity contribution is 0.129. The Balaban J connectivity index is 2.41. The molecular weight excluding hydrogens is 192 g/mol. The van der Waals surface area contributed by atoms with Gasteiger partial charge in [0, 0.05) is 12.3 Å². The Labute approximate surface area is 87.7 Å². The molecule has 2 aromatic heterocycles. The minimum absolute atomic E-state index is 0.462. The summed E-state index contributed by atoms with van der Waals surface area (Å²) < 4.78 is 5.26. The van der Waals surface area contributed by atoms with Crippen molar-refractivity contribution in [3.63, 3.8) is 0 Å². The normalized spacial score (nSPS) is 11.1. The average molecular weight is 206 g/mol. The Kier molecular flexibility index (Phi) is 2.55. The number of anilines is 1. The highest BCUT2D eigenvalue weighted by Crippen LogP contribution is 2.17. The second-order valence-electron chi connectivity index (χ2n) is 3.37. The number of rotatable bonds is 3. The molecular formula is C10H14N4O. The van der Waals surface area contributed by atoms with E-state index in [9.17, 15) is 0 Å². The number of aromatic nitrogens is 3. The van der Waals surface area contributed by atoms with Crippen LogP contribution in [0.3, 0.4) is 0 Å². The van der Waals surface area contributed by atoms with Gasteiger partial charge in [-0.1, -0.05) is 0 Å². The van der Waals surface area contributed by atoms with Crippen LogP contribution in [0.15, 0.2) is 6.07 Å². The van der Waals surface area contributed by atoms with Crippen LogP contribution in [-0.4, -0.2) is 21.6 Å². The zero-order chi connectivity index (χ0) is 10.8. The molecule has 0 radical (unpaired) electrons. The molecule has 0 aromatic carbocycles. The molecule has 0 aliphatic rings. The first-order chi connectivity index (χ1) is 7.20. The van der Waals surface area contributed by atoms with Gasteiger partial charge in [-0.2, -0.15) is 0 Å². The number of hydrogen-bond acceptors (Lipinski definition) is 4. The number of aryl methyl sites for hydroxylation is 1. The van der Waals surface area contributed by atoms with Gasteiger partial charge in [0.1, 0.15) is 17.9 Å². The van der Waals surface area contributed by atoms with Crippen molar-refractivity contribution in [3.05, 3.63) is 17.6 Å². The summed E-state index contributed by atoms with van der Waals surface area (Å²) in [5.41, 5.74) is 8.28. The molecule has 0 bridgehead atoms. The van der Waals surface area contributed by atoms with Crippen molar-refractivity contribution in [1.29, 1.82) is 0 Å². The molecule has 80 valence electrons. The molecule has 5 heteroatoms. The van der Waals surface area contributed by atoms with Crippen molar-refractivity contribution in [2.45, 2.75) is 20.5 Å². The molecule has 2 rings (SSSR count). The lowest BCUT2D eigenvalue weighted by Gasteiger charge is -1.95. The minimum atomic E-state index is 0.462. The quantitative estimate of drug-likeness (QED) is 0.795. The molecule has 5 nitrogen and oxygen atoms in total. The van der Waals surface area contributed by atoms with Crippen molar-refractivity contribution >= 4 is 16.9 Å². The Morgan fingerprint density at radius 2 is 2.27 bits per heavy atom. The Bertz CT molecular complexity index is 477. The summed E-state index contributed by atoms with van der Waals surface area (Å²) in [6.07, 6.45) is 0. The molecule has 0 fully saturated rings. The van der Waals surface area contributed by atoms with Gasteiger partial charge >= 0.3 is 0 Å². The SMILES string of the molecule is CCOCc1nc2c(N)nc(C)cc2[nH]1. The highest BCUT2D eigenvalue weighted by Gasteiger charge is 2.07. The van der Waals surface area contributed by atoms with Gasteiger partial charge < -0.3 is 15.5 Å². The van der Waals surface area contributed by atoms with Crippen LogP contribution in [-0.2, 0) is 11.3 Å². The molecule has 0 saturated heterocycles. The maximum atomic E-state index is 5.76. The van der Waals surface area contributed by atoms with Gasteiger partial charge in [0.15, 0.2) is 5.82 Å². The molecule has 2 aromatic rings. The maximum Gasteiger partial charge on any atom is 0.151 e. The van der Waals surface area contributed by atoms with Gasteiger partial charge in [0.2, 0.25) is 0 Å². The van der Waals surface area contributed by atoms with Gasteiger partial charge in [-0.25, -0.2) is 9.97 Å². The van der Waals surface area contributed by atoms with E-state index in [4.69, 9.17) is 10.5 Å². The molecule has 15 heavy (non-hydrogen) atoms. The molecule has 0 spiro atoms. The second kappa shape index (κ2) is 3.86. The molecule has 2 heterocycles. The van der Waals surface area contributed by atoms with Crippen molar-refractivity contribution < 1.29 is 4.74 Å². The largest absolute Gasteiger partial charge is 0.382 e. The molecule has 0 aliphatic carbocycles. The summed E-state index contributed by atoms with van der Waals surface area (Å²) in [6.45, 7) is 5.00. The number of fused-ring (bicyclic) bond motifs is 1. The van der Waals surface area contributed by atoms with Crippen LogP contribution in [0.2, 0.25) is 0 Å². The third-order valence-corrected chi connectivity index (χ3v) is 2.12. The van der Waals surface area contributed by atoms with Crippen LogP contribution in [0, 0.1) is 6.92 Å². The second-order valence-corrected chi connectivity index (χ2v) is 3.37. The van der Waals surface area contributed by atoms with Crippen molar-refractivity contribution in [1.82, 2.24) is 15.0 Å². The van der Waals surface area contributed by atoms with E-state index in [1.165, 1.54) is 0 Å². The lowest BCUT2D eigenvalue weighted by Crippen LogP contribution is -1.94. The van der Waals surface area contributed by atoms with Crippen molar-refractivity contribution in [2.75, 3.05) is 12.3 Å². The number of nitrogens with one attached hydrogen (secondary N) is 1. The van der Waals surface area contributed by atoms with Crippen LogP contribution in [0.25, 0.3) is 11.0 Å². The number of nitrogen functional groups attached to an aromatic ring is 1. The first-order valence-corrected chi connectivity index (χ1v) is 4.90. The van der Waals surface area contributed by atoms with E-state index in [1.54, 1.807) is 0 Å². The monoisotopic (exact) mass is 206 g/mol. The summed E-state index contributed by atoms with van der Waals surface area (Å²) in [5.74, 6) is 1.25. The number of pyridine rings is 1. The van der Waals surface area contributed by atoms with Gasteiger partial charge in [-0.15, -0.1) is 0 Å². The number of aromatic amines is 1. The van der Waals surface area contributed by atoms with E-state index in [0.717, 1.165) is 22.6 Å². The number of imidazole rings is 1. The smallest absolute Gasteiger partial charge is 0.151 e. The Morgan fingerprint density at radius 3 is 3.00 bits per heavy atom. The molecule has 0 aliphatic heterocycles. The van der Waals surface area contributed by atoms with Crippen LogP contribution in [0.5, 0.6) is 0 Å². The van der Waals surface area contributed by atoms with E-state index in [0.29, 0.717) is 19.0 Å². The predicted octanol–water partition coefficient (Wildman–Crippen LogP) is 1.39. The first-order valence-electron chi connectivity index (χ1n) is 4.90. The van der Waals surface area contributed by atoms with Gasteiger partial charge in [-0.3, -0.25) is 0 Å². The molecule has 0 atom stereocenters. The standard InChI is InChI=1S/C10H14N4O/c1-3-15-5-8-13-7-4-6(2)12-10(11)9(7)14-8/h4H,3,5H2,1-2H3,(H2,11,12)(H,13,14). The molecule has 0 saturated carbocycles. The zero-order valence-corrected chi connectivity index (χ0v) is 8.87. The predicted molar refractivity (Wildman–Crippen MR) is 58.4 cm³/mol.